The number of halogens is 1. The number of esters is 1. The van der Waals surface area contributed by atoms with Crippen molar-refractivity contribution in [2.75, 3.05) is 7.11 Å². The standard InChI is InChI=1S/C16H11BrN2O2/c1-21-16(20)12-8-15(10-2-4-11(17)5-3-10)19-14-6-7-18-9-13(12)14/h2-9H,1H3/p+1. The van der Waals surface area contributed by atoms with E-state index in [9.17, 15) is 4.79 Å². The Bertz CT molecular complexity index is 816. The van der Waals surface area contributed by atoms with Crippen molar-refractivity contribution in [3.63, 3.8) is 0 Å². The molecule has 0 amide bonds. The van der Waals surface area contributed by atoms with E-state index in [0.717, 1.165) is 26.6 Å². The van der Waals surface area contributed by atoms with E-state index >= 15 is 0 Å². The van der Waals surface area contributed by atoms with Gasteiger partial charge in [0.1, 0.15) is 0 Å². The van der Waals surface area contributed by atoms with E-state index in [-0.39, 0.29) is 5.97 Å². The molecule has 0 saturated carbocycles. The summed E-state index contributed by atoms with van der Waals surface area (Å²) < 4.78 is 5.86. The van der Waals surface area contributed by atoms with Crippen LogP contribution in [-0.4, -0.2) is 18.1 Å². The van der Waals surface area contributed by atoms with Crippen molar-refractivity contribution in [1.29, 1.82) is 0 Å². The normalized spacial score (nSPS) is 10.6. The molecule has 4 nitrogen and oxygen atoms in total. The van der Waals surface area contributed by atoms with E-state index in [2.05, 4.69) is 25.9 Å². The van der Waals surface area contributed by atoms with E-state index in [1.54, 1.807) is 18.5 Å². The molecule has 0 aliphatic heterocycles. The molecule has 0 atom stereocenters. The number of ether oxygens (including phenoxy) is 1. The van der Waals surface area contributed by atoms with Crippen molar-refractivity contribution in [2.45, 2.75) is 0 Å². The van der Waals surface area contributed by atoms with Crippen molar-refractivity contribution in [3.05, 3.63) is 58.8 Å². The van der Waals surface area contributed by atoms with Crippen LogP contribution in [0.3, 0.4) is 0 Å². The molecule has 3 aromatic rings. The number of hydrogen-bond acceptors (Lipinski definition) is 3. The van der Waals surface area contributed by atoms with E-state index in [1.807, 2.05) is 30.3 Å². The van der Waals surface area contributed by atoms with Gasteiger partial charge in [0.2, 0.25) is 0 Å². The molecule has 0 fully saturated rings. The summed E-state index contributed by atoms with van der Waals surface area (Å²) in [5, 5.41) is 0.741. The number of aromatic amines is 1. The maximum Gasteiger partial charge on any atom is 0.338 e. The number of fused-ring (bicyclic) bond motifs is 1. The molecule has 0 aliphatic rings. The van der Waals surface area contributed by atoms with Crippen LogP contribution in [0, 0.1) is 0 Å². The Kier molecular flexibility index (Phi) is 3.66. The largest absolute Gasteiger partial charge is 0.465 e. The summed E-state index contributed by atoms with van der Waals surface area (Å²) in [6.07, 6.45) is 3.53. The molecule has 0 radical (unpaired) electrons. The van der Waals surface area contributed by atoms with Crippen LogP contribution in [0.4, 0.5) is 0 Å². The monoisotopic (exact) mass is 343 g/mol. The number of pyridine rings is 2. The fourth-order valence-electron chi connectivity index (χ4n) is 2.16. The van der Waals surface area contributed by atoms with Crippen LogP contribution in [0.2, 0.25) is 0 Å². The quantitative estimate of drug-likeness (QED) is 0.671. The van der Waals surface area contributed by atoms with Gasteiger partial charge in [-0.2, -0.15) is 0 Å². The molecule has 0 aliphatic carbocycles. The lowest BCUT2D eigenvalue weighted by molar-refractivity contribution is -0.375. The molecule has 0 bridgehead atoms. The SMILES string of the molecule is COC(=O)c1cc(-c2ccc(Br)cc2)nc2cc[nH+]cc12. The van der Waals surface area contributed by atoms with Crippen LogP contribution in [-0.2, 0) is 4.74 Å². The Labute approximate surface area is 129 Å². The smallest absolute Gasteiger partial charge is 0.338 e. The Balaban J connectivity index is 2.25. The zero-order chi connectivity index (χ0) is 14.8. The lowest BCUT2D eigenvalue weighted by atomic mass is 10.1. The average Bonchev–Trinajstić information content (AvgIpc) is 2.53. The van der Waals surface area contributed by atoms with Gasteiger partial charge in [-0.25, -0.2) is 14.8 Å². The third kappa shape index (κ3) is 2.64. The molecule has 21 heavy (non-hydrogen) atoms. The van der Waals surface area contributed by atoms with Gasteiger partial charge in [0.25, 0.3) is 0 Å². The number of hydrogen-bond donors (Lipinski definition) is 0. The van der Waals surface area contributed by atoms with Gasteiger partial charge in [0.15, 0.2) is 12.4 Å². The van der Waals surface area contributed by atoms with Gasteiger partial charge in [0, 0.05) is 16.1 Å². The number of methoxy groups -OCH3 is 1. The van der Waals surface area contributed by atoms with Gasteiger partial charge in [-0.05, 0) is 18.2 Å². The summed E-state index contributed by atoms with van der Waals surface area (Å²) in [5.74, 6) is -0.375. The molecule has 2 heterocycles. The fraction of sp³-hybridized carbons (Fsp3) is 0.0625. The average molecular weight is 344 g/mol. The number of aromatic nitrogens is 2. The van der Waals surface area contributed by atoms with Crippen LogP contribution in [0.5, 0.6) is 0 Å². The molecule has 2 aromatic heterocycles. The molecule has 0 spiro atoms. The Hall–Kier alpha value is -2.27. The van der Waals surface area contributed by atoms with Gasteiger partial charge < -0.3 is 4.74 Å². The summed E-state index contributed by atoms with van der Waals surface area (Å²) in [7, 11) is 1.38. The highest BCUT2D eigenvalue weighted by Gasteiger charge is 2.15. The summed E-state index contributed by atoms with van der Waals surface area (Å²) in [4.78, 5) is 19.6. The number of benzene rings is 1. The first-order chi connectivity index (χ1) is 10.2. The molecule has 0 unspecified atom stereocenters. The fourth-order valence-corrected chi connectivity index (χ4v) is 2.42. The Morgan fingerprint density at radius 2 is 2.00 bits per heavy atom. The molecule has 5 heteroatoms. The lowest BCUT2D eigenvalue weighted by Crippen LogP contribution is -2.07. The van der Waals surface area contributed by atoms with Crippen molar-refractivity contribution in [1.82, 2.24) is 4.98 Å². The molecule has 1 aromatic carbocycles. The number of nitrogens with one attached hydrogen (secondary N) is 1. The molecule has 1 N–H and O–H groups in total. The predicted molar refractivity (Wildman–Crippen MR) is 82.8 cm³/mol. The van der Waals surface area contributed by atoms with Crippen LogP contribution < -0.4 is 4.98 Å². The highest BCUT2D eigenvalue weighted by Crippen LogP contribution is 2.25. The third-order valence-electron chi connectivity index (χ3n) is 3.20. The molecular formula is C16H12BrN2O2+. The van der Waals surface area contributed by atoms with E-state index in [0.29, 0.717) is 5.56 Å². The topological polar surface area (TPSA) is 53.3 Å². The summed E-state index contributed by atoms with van der Waals surface area (Å²) >= 11 is 3.41. The van der Waals surface area contributed by atoms with Gasteiger partial charge >= 0.3 is 5.97 Å². The predicted octanol–water partition coefficient (Wildman–Crippen LogP) is 3.27. The van der Waals surface area contributed by atoms with E-state index in [4.69, 9.17) is 4.74 Å². The second-order valence-corrected chi connectivity index (χ2v) is 5.41. The second kappa shape index (κ2) is 5.61. The molecular weight excluding hydrogens is 332 g/mol. The number of H-pyrrole nitrogens is 1. The molecule has 0 saturated heterocycles. The summed E-state index contributed by atoms with van der Waals surface area (Å²) in [5.41, 5.74) is 2.92. The maximum absolute atomic E-state index is 12.0. The first kappa shape index (κ1) is 13.7. The van der Waals surface area contributed by atoms with Gasteiger partial charge in [0.05, 0.1) is 29.3 Å². The lowest BCUT2D eigenvalue weighted by Gasteiger charge is -2.07. The first-order valence-corrected chi connectivity index (χ1v) is 7.13. The molecule has 104 valence electrons. The minimum absolute atomic E-state index is 0.375. The minimum atomic E-state index is -0.375. The zero-order valence-electron chi connectivity index (χ0n) is 11.3. The first-order valence-electron chi connectivity index (χ1n) is 6.34. The number of carbonyl (C=O) groups is 1. The van der Waals surface area contributed by atoms with Gasteiger partial charge in [-0.15, -0.1) is 0 Å². The minimum Gasteiger partial charge on any atom is -0.465 e. The third-order valence-corrected chi connectivity index (χ3v) is 3.73. The Morgan fingerprint density at radius 3 is 2.71 bits per heavy atom. The summed E-state index contributed by atoms with van der Waals surface area (Å²) in [6, 6.07) is 11.4. The number of rotatable bonds is 2. The summed E-state index contributed by atoms with van der Waals surface area (Å²) in [6.45, 7) is 0. The van der Waals surface area contributed by atoms with Crippen molar-refractivity contribution >= 4 is 32.8 Å². The second-order valence-electron chi connectivity index (χ2n) is 4.50. The van der Waals surface area contributed by atoms with Crippen molar-refractivity contribution < 1.29 is 14.5 Å². The van der Waals surface area contributed by atoms with Crippen molar-refractivity contribution in [3.8, 4) is 11.3 Å². The van der Waals surface area contributed by atoms with Crippen LogP contribution >= 0.6 is 15.9 Å². The van der Waals surface area contributed by atoms with Gasteiger partial charge in [-0.1, -0.05) is 28.1 Å². The number of carbonyl (C=O) groups excluding carboxylic acids is 1. The van der Waals surface area contributed by atoms with Crippen LogP contribution in [0.25, 0.3) is 22.2 Å². The van der Waals surface area contributed by atoms with Crippen molar-refractivity contribution in [2.24, 2.45) is 0 Å². The maximum atomic E-state index is 12.0. The Morgan fingerprint density at radius 1 is 1.24 bits per heavy atom. The van der Waals surface area contributed by atoms with Gasteiger partial charge in [-0.3, -0.25) is 0 Å². The zero-order valence-corrected chi connectivity index (χ0v) is 12.8. The highest BCUT2D eigenvalue weighted by molar-refractivity contribution is 9.10. The molecule has 3 rings (SSSR count). The number of nitrogens with zero attached hydrogens (tertiary/aromatic N) is 1. The van der Waals surface area contributed by atoms with Crippen LogP contribution in [0.15, 0.2) is 53.3 Å². The van der Waals surface area contributed by atoms with E-state index in [1.165, 1.54) is 7.11 Å². The van der Waals surface area contributed by atoms with E-state index < -0.39 is 0 Å². The van der Waals surface area contributed by atoms with Crippen LogP contribution in [0.1, 0.15) is 10.4 Å². The highest BCUT2D eigenvalue weighted by atomic mass is 79.9.